The van der Waals surface area contributed by atoms with E-state index >= 15 is 0 Å². The van der Waals surface area contributed by atoms with Gasteiger partial charge in [-0.25, -0.2) is 4.68 Å². The van der Waals surface area contributed by atoms with Gasteiger partial charge in [0.25, 0.3) is 0 Å². The van der Waals surface area contributed by atoms with Crippen LogP contribution >= 0.6 is 12.2 Å². The number of nitrogens with zero attached hydrogens (tertiary/aromatic N) is 5. The van der Waals surface area contributed by atoms with Crippen LogP contribution < -0.4 is 4.90 Å². The Morgan fingerprint density at radius 2 is 1.75 bits per heavy atom. The van der Waals surface area contributed by atoms with Crippen LogP contribution in [0.4, 0.5) is 5.69 Å². The van der Waals surface area contributed by atoms with Gasteiger partial charge in [0.15, 0.2) is 0 Å². The fourth-order valence-corrected chi connectivity index (χ4v) is 4.06. The number of phenols is 1. The van der Waals surface area contributed by atoms with Crippen LogP contribution in [0.25, 0.3) is 5.69 Å². The van der Waals surface area contributed by atoms with Gasteiger partial charge in [-0.05, 0) is 55.9 Å². The molecule has 2 aromatic carbocycles. The third-order valence-electron chi connectivity index (χ3n) is 5.19. The second-order valence-corrected chi connectivity index (χ2v) is 7.60. The van der Waals surface area contributed by atoms with Gasteiger partial charge in [-0.15, -0.1) is 0 Å². The maximum atomic E-state index is 10.1. The van der Waals surface area contributed by atoms with E-state index in [2.05, 4.69) is 40.0 Å². The van der Waals surface area contributed by atoms with E-state index in [0.29, 0.717) is 17.2 Å². The monoisotopic (exact) mass is 395 g/mol. The van der Waals surface area contributed by atoms with Crippen molar-refractivity contribution in [3.63, 3.8) is 0 Å². The highest BCUT2D eigenvalue weighted by Crippen LogP contribution is 2.27. The normalized spacial score (nSPS) is 15.1. The molecule has 1 aliphatic heterocycles. The van der Waals surface area contributed by atoms with Crippen LogP contribution in [0.3, 0.4) is 0 Å². The molecule has 4 rings (SSSR count). The maximum absolute atomic E-state index is 10.1. The minimum atomic E-state index is 0.339. The summed E-state index contributed by atoms with van der Waals surface area (Å²) < 4.78 is 4.65. The average molecular weight is 396 g/mol. The minimum Gasteiger partial charge on any atom is -0.506 e. The number of aromatic hydroxyl groups is 1. The summed E-state index contributed by atoms with van der Waals surface area (Å²) in [4.78, 5) is 4.57. The Balaban J connectivity index is 1.47. The van der Waals surface area contributed by atoms with E-state index in [1.807, 2.05) is 40.4 Å². The van der Waals surface area contributed by atoms with E-state index in [9.17, 15) is 5.11 Å². The molecule has 1 N–H and O–H groups in total. The number of hydrogen-bond donors (Lipinski definition) is 1. The Kier molecular flexibility index (Phi) is 5.19. The van der Waals surface area contributed by atoms with Crippen LogP contribution in [-0.2, 0) is 6.67 Å². The molecule has 1 aromatic heterocycles. The molecular weight excluding hydrogens is 370 g/mol. The lowest BCUT2D eigenvalue weighted by Crippen LogP contribution is -2.47. The molecule has 6 nitrogen and oxygen atoms in total. The molecule has 3 aromatic rings. The Labute approximate surface area is 170 Å². The summed E-state index contributed by atoms with van der Waals surface area (Å²) in [7, 11) is 0. The van der Waals surface area contributed by atoms with Crippen molar-refractivity contribution in [1.82, 2.24) is 19.2 Å². The zero-order valence-corrected chi connectivity index (χ0v) is 17.1. The van der Waals surface area contributed by atoms with E-state index in [1.165, 1.54) is 5.56 Å². The Morgan fingerprint density at radius 1 is 1.00 bits per heavy atom. The van der Waals surface area contributed by atoms with Gasteiger partial charge in [-0.3, -0.25) is 9.47 Å². The van der Waals surface area contributed by atoms with Crippen molar-refractivity contribution in [2.24, 2.45) is 0 Å². The first-order chi connectivity index (χ1) is 13.5. The summed E-state index contributed by atoms with van der Waals surface area (Å²) >= 11 is 5.72. The molecule has 1 fully saturated rings. The van der Waals surface area contributed by atoms with Crippen LogP contribution in [0.1, 0.15) is 11.4 Å². The molecule has 146 valence electrons. The molecule has 1 aliphatic rings. The van der Waals surface area contributed by atoms with Gasteiger partial charge >= 0.3 is 0 Å². The second kappa shape index (κ2) is 7.77. The van der Waals surface area contributed by atoms with E-state index in [-0.39, 0.29) is 0 Å². The molecule has 7 heteroatoms. The first-order valence-corrected chi connectivity index (χ1v) is 9.92. The van der Waals surface area contributed by atoms with Crippen LogP contribution in [0.2, 0.25) is 0 Å². The fourth-order valence-electron chi connectivity index (χ4n) is 3.72. The molecule has 0 aliphatic carbocycles. The molecule has 0 bridgehead atoms. The molecule has 0 radical (unpaired) electrons. The van der Waals surface area contributed by atoms with Crippen molar-refractivity contribution < 1.29 is 5.11 Å². The van der Waals surface area contributed by atoms with Gasteiger partial charge in [0.05, 0.1) is 12.4 Å². The molecular formula is C21H25N5OS. The molecule has 28 heavy (non-hydrogen) atoms. The Hall–Kier alpha value is -2.64. The van der Waals surface area contributed by atoms with Gasteiger partial charge in [-0.1, -0.05) is 24.3 Å². The first-order valence-electron chi connectivity index (χ1n) is 9.52. The smallest absolute Gasteiger partial charge is 0.203 e. The van der Waals surface area contributed by atoms with Gasteiger partial charge in [0.1, 0.15) is 11.6 Å². The molecule has 0 saturated carbocycles. The number of hydrogen-bond acceptors (Lipinski definition) is 5. The lowest BCUT2D eigenvalue weighted by Gasteiger charge is -2.36. The van der Waals surface area contributed by atoms with Crippen molar-refractivity contribution >= 4 is 17.9 Å². The van der Waals surface area contributed by atoms with Crippen molar-refractivity contribution in [1.29, 1.82) is 0 Å². The highest BCUT2D eigenvalue weighted by atomic mass is 32.1. The van der Waals surface area contributed by atoms with Crippen molar-refractivity contribution in [3.8, 4) is 11.4 Å². The summed E-state index contributed by atoms with van der Waals surface area (Å²) in [6.07, 6.45) is 0. The van der Waals surface area contributed by atoms with Crippen molar-refractivity contribution in [2.45, 2.75) is 20.5 Å². The average Bonchev–Trinajstić information content (AvgIpc) is 2.96. The highest BCUT2D eigenvalue weighted by molar-refractivity contribution is 7.71. The first kappa shape index (κ1) is 18.7. The third-order valence-corrected chi connectivity index (χ3v) is 5.58. The molecule has 0 atom stereocenters. The molecule has 0 amide bonds. The lowest BCUT2D eigenvalue weighted by molar-refractivity contribution is 0.194. The number of rotatable bonds is 4. The van der Waals surface area contributed by atoms with Crippen molar-refractivity contribution in [2.75, 3.05) is 31.1 Å². The zero-order chi connectivity index (χ0) is 19.7. The minimum absolute atomic E-state index is 0.339. The van der Waals surface area contributed by atoms with Crippen LogP contribution in [-0.4, -0.2) is 50.5 Å². The zero-order valence-electron chi connectivity index (χ0n) is 16.2. The van der Waals surface area contributed by atoms with Gasteiger partial charge in [0.2, 0.25) is 4.77 Å². The number of phenolic OH excluding ortho intramolecular Hbond substituents is 1. The SMILES string of the molecule is Cc1cccc(-n2c(C)nn(CN3CCN(c4ccccc4O)CC3)c2=S)c1. The maximum Gasteiger partial charge on any atom is 0.203 e. The van der Waals surface area contributed by atoms with E-state index in [4.69, 9.17) is 12.2 Å². The quantitative estimate of drug-likeness (QED) is 0.685. The number of benzene rings is 2. The topological polar surface area (TPSA) is 49.5 Å². The van der Waals surface area contributed by atoms with Crippen LogP contribution in [0.5, 0.6) is 5.75 Å². The predicted molar refractivity (Wildman–Crippen MR) is 114 cm³/mol. The molecule has 1 saturated heterocycles. The number of aromatic nitrogens is 3. The number of aryl methyl sites for hydroxylation is 2. The molecule has 2 heterocycles. The van der Waals surface area contributed by atoms with Gasteiger partial charge in [-0.2, -0.15) is 5.10 Å². The number of para-hydroxylation sites is 2. The summed E-state index contributed by atoms with van der Waals surface area (Å²) in [6.45, 7) is 8.26. The summed E-state index contributed by atoms with van der Waals surface area (Å²) in [5.41, 5.74) is 3.16. The number of anilines is 1. The van der Waals surface area contributed by atoms with E-state index in [1.54, 1.807) is 6.07 Å². The van der Waals surface area contributed by atoms with E-state index < -0.39 is 0 Å². The Morgan fingerprint density at radius 3 is 2.46 bits per heavy atom. The van der Waals surface area contributed by atoms with E-state index in [0.717, 1.165) is 43.4 Å². The largest absolute Gasteiger partial charge is 0.506 e. The van der Waals surface area contributed by atoms with Gasteiger partial charge < -0.3 is 10.0 Å². The number of piperazine rings is 1. The Bertz CT molecular complexity index is 1030. The third kappa shape index (κ3) is 3.68. The van der Waals surface area contributed by atoms with Crippen LogP contribution in [0.15, 0.2) is 48.5 Å². The fraction of sp³-hybridized carbons (Fsp3) is 0.333. The second-order valence-electron chi connectivity index (χ2n) is 7.24. The molecule has 0 spiro atoms. The lowest BCUT2D eigenvalue weighted by atomic mass is 10.2. The standard InChI is InChI=1S/C21H25N5OS/c1-16-6-5-7-18(14-16)26-17(2)22-25(21(26)28)15-23-10-12-24(13-11-23)19-8-3-4-9-20(19)27/h3-9,14,27H,10-13,15H2,1-2H3. The molecule has 0 unspecified atom stereocenters. The summed E-state index contributed by atoms with van der Waals surface area (Å²) in [5, 5.41) is 14.8. The van der Waals surface area contributed by atoms with Crippen LogP contribution in [0, 0.1) is 18.6 Å². The highest BCUT2D eigenvalue weighted by Gasteiger charge is 2.20. The summed E-state index contributed by atoms with van der Waals surface area (Å²) in [6, 6.07) is 15.8. The predicted octanol–water partition coefficient (Wildman–Crippen LogP) is 3.51. The van der Waals surface area contributed by atoms with Gasteiger partial charge in [0, 0.05) is 31.9 Å². The summed E-state index contributed by atoms with van der Waals surface area (Å²) in [5.74, 6) is 1.23. The van der Waals surface area contributed by atoms with Crippen molar-refractivity contribution in [3.05, 3.63) is 64.7 Å².